The third kappa shape index (κ3) is 4.72. The SMILES string of the molecule is COc1ccccc1C1CCN(S(=O)(=O)c2ccc3c(c2)CN(C(=O)C(F)(F)F)CC3)CC1. The summed E-state index contributed by atoms with van der Waals surface area (Å²) in [5.74, 6) is -0.940. The fourth-order valence-electron chi connectivity index (χ4n) is 4.61. The van der Waals surface area contributed by atoms with E-state index in [0.29, 0.717) is 31.5 Å². The molecule has 0 radical (unpaired) electrons. The van der Waals surface area contributed by atoms with Crippen molar-refractivity contribution in [2.24, 2.45) is 0 Å². The van der Waals surface area contributed by atoms with E-state index in [2.05, 4.69) is 0 Å². The van der Waals surface area contributed by atoms with E-state index in [1.807, 2.05) is 24.3 Å². The lowest BCUT2D eigenvalue weighted by Crippen LogP contribution is -2.43. The molecule has 1 amide bonds. The number of fused-ring (bicyclic) bond motifs is 1. The highest BCUT2D eigenvalue weighted by atomic mass is 32.2. The van der Waals surface area contributed by atoms with Crippen LogP contribution in [0.3, 0.4) is 0 Å². The number of benzene rings is 2. The molecule has 1 saturated heterocycles. The van der Waals surface area contributed by atoms with E-state index in [1.165, 1.54) is 16.4 Å². The van der Waals surface area contributed by atoms with Crippen LogP contribution in [0.4, 0.5) is 13.2 Å². The van der Waals surface area contributed by atoms with Crippen molar-refractivity contribution in [1.82, 2.24) is 9.21 Å². The molecule has 0 atom stereocenters. The van der Waals surface area contributed by atoms with Crippen molar-refractivity contribution in [3.8, 4) is 5.75 Å². The molecule has 0 N–H and O–H groups in total. The van der Waals surface area contributed by atoms with Gasteiger partial charge in [0.1, 0.15) is 5.75 Å². The summed E-state index contributed by atoms with van der Waals surface area (Å²) in [6, 6.07) is 12.2. The minimum Gasteiger partial charge on any atom is -0.496 e. The number of carbonyl (C=O) groups excluding carboxylic acids is 1. The lowest BCUT2D eigenvalue weighted by atomic mass is 9.89. The molecule has 0 bridgehead atoms. The Kier molecular flexibility index (Phi) is 6.41. The van der Waals surface area contributed by atoms with Crippen molar-refractivity contribution in [3.63, 3.8) is 0 Å². The Morgan fingerprint density at radius 2 is 1.73 bits per heavy atom. The van der Waals surface area contributed by atoms with E-state index in [-0.39, 0.29) is 30.3 Å². The summed E-state index contributed by atoms with van der Waals surface area (Å²) in [5, 5.41) is 0. The summed E-state index contributed by atoms with van der Waals surface area (Å²) in [4.78, 5) is 12.4. The fraction of sp³-hybridized carbons (Fsp3) is 0.435. The Bertz CT molecular complexity index is 1140. The Balaban J connectivity index is 1.49. The van der Waals surface area contributed by atoms with E-state index < -0.39 is 22.1 Å². The normalized spacial score (nSPS) is 18.1. The minimum absolute atomic E-state index is 0.0401. The van der Waals surface area contributed by atoms with Crippen molar-refractivity contribution in [3.05, 3.63) is 59.2 Å². The zero-order valence-corrected chi connectivity index (χ0v) is 19.0. The number of para-hydroxylation sites is 1. The molecule has 4 rings (SSSR count). The van der Waals surface area contributed by atoms with Gasteiger partial charge in [-0.25, -0.2) is 8.42 Å². The lowest BCUT2D eigenvalue weighted by molar-refractivity contribution is -0.186. The van der Waals surface area contributed by atoms with E-state index in [9.17, 15) is 26.4 Å². The maximum atomic E-state index is 13.3. The average Bonchev–Trinajstić information content (AvgIpc) is 2.82. The van der Waals surface area contributed by atoms with Crippen molar-refractivity contribution >= 4 is 15.9 Å². The number of sulfonamides is 1. The second kappa shape index (κ2) is 8.98. The Morgan fingerprint density at radius 3 is 2.39 bits per heavy atom. The third-order valence-electron chi connectivity index (χ3n) is 6.39. The minimum atomic E-state index is -4.95. The van der Waals surface area contributed by atoms with Gasteiger partial charge in [-0.3, -0.25) is 4.79 Å². The van der Waals surface area contributed by atoms with Crippen LogP contribution in [0.2, 0.25) is 0 Å². The largest absolute Gasteiger partial charge is 0.496 e. The molecule has 0 aromatic heterocycles. The first-order chi connectivity index (χ1) is 15.6. The number of methoxy groups -OCH3 is 1. The molecule has 6 nitrogen and oxygen atoms in total. The Labute approximate surface area is 191 Å². The monoisotopic (exact) mass is 482 g/mol. The van der Waals surface area contributed by atoms with Crippen molar-refractivity contribution in [1.29, 1.82) is 0 Å². The second-order valence-corrected chi connectivity index (χ2v) is 10.3. The van der Waals surface area contributed by atoms with Crippen LogP contribution in [0.25, 0.3) is 0 Å². The standard InChI is InChI=1S/C23H25F3N2O4S/c1-32-21-5-3-2-4-20(21)17-9-12-28(13-10-17)33(30,31)19-7-6-16-8-11-27(15-18(16)14-19)22(29)23(24,25)26/h2-7,14,17H,8-13,15H2,1H3. The molecular formula is C23H25F3N2O4S. The molecule has 2 aliphatic heterocycles. The quantitative estimate of drug-likeness (QED) is 0.667. The molecule has 2 heterocycles. The van der Waals surface area contributed by atoms with Gasteiger partial charge in [0.25, 0.3) is 0 Å². The van der Waals surface area contributed by atoms with E-state index in [1.54, 1.807) is 13.2 Å². The summed E-state index contributed by atoms with van der Waals surface area (Å²) >= 11 is 0. The number of rotatable bonds is 4. The Morgan fingerprint density at radius 1 is 1.03 bits per heavy atom. The Hall–Kier alpha value is -2.59. The van der Waals surface area contributed by atoms with Crippen LogP contribution in [-0.2, 0) is 27.8 Å². The molecule has 1 fully saturated rings. The van der Waals surface area contributed by atoms with Gasteiger partial charge in [0.05, 0.1) is 12.0 Å². The second-order valence-electron chi connectivity index (χ2n) is 8.33. The number of nitrogens with zero attached hydrogens (tertiary/aromatic N) is 2. The first kappa shape index (κ1) is 23.6. The molecule has 2 aromatic carbocycles. The number of hydrogen-bond acceptors (Lipinski definition) is 4. The zero-order chi connectivity index (χ0) is 23.8. The summed E-state index contributed by atoms with van der Waals surface area (Å²) < 4.78 is 71.8. The number of halogens is 3. The molecule has 0 aliphatic carbocycles. The first-order valence-corrected chi connectivity index (χ1v) is 12.2. The third-order valence-corrected chi connectivity index (χ3v) is 8.28. The van der Waals surface area contributed by atoms with E-state index >= 15 is 0 Å². The predicted octanol–water partition coefficient (Wildman–Crippen LogP) is 3.71. The van der Waals surface area contributed by atoms with Crippen LogP contribution in [0, 0.1) is 0 Å². The maximum absolute atomic E-state index is 13.3. The van der Waals surface area contributed by atoms with Gasteiger partial charge in [-0.15, -0.1) is 0 Å². The van der Waals surface area contributed by atoms with Gasteiger partial charge in [-0.2, -0.15) is 17.5 Å². The number of hydrogen-bond donors (Lipinski definition) is 0. The molecule has 178 valence electrons. The number of amides is 1. The van der Waals surface area contributed by atoms with Gasteiger partial charge in [0.2, 0.25) is 10.0 Å². The van der Waals surface area contributed by atoms with Crippen LogP contribution in [0.15, 0.2) is 47.4 Å². The highest BCUT2D eigenvalue weighted by molar-refractivity contribution is 7.89. The van der Waals surface area contributed by atoms with Gasteiger partial charge in [0, 0.05) is 26.2 Å². The molecule has 10 heteroatoms. The lowest BCUT2D eigenvalue weighted by Gasteiger charge is -2.33. The topological polar surface area (TPSA) is 66.9 Å². The van der Waals surface area contributed by atoms with Gasteiger partial charge in [-0.1, -0.05) is 24.3 Å². The summed E-state index contributed by atoms with van der Waals surface area (Å²) in [5.41, 5.74) is 2.25. The van der Waals surface area contributed by atoms with Crippen molar-refractivity contribution < 1.29 is 31.1 Å². The van der Waals surface area contributed by atoms with Gasteiger partial charge < -0.3 is 9.64 Å². The van der Waals surface area contributed by atoms with E-state index in [4.69, 9.17) is 4.74 Å². The van der Waals surface area contributed by atoms with Crippen LogP contribution >= 0.6 is 0 Å². The molecular weight excluding hydrogens is 457 g/mol. The van der Waals surface area contributed by atoms with Crippen LogP contribution in [0.1, 0.15) is 35.4 Å². The van der Waals surface area contributed by atoms with E-state index in [0.717, 1.165) is 21.8 Å². The zero-order valence-electron chi connectivity index (χ0n) is 18.1. The first-order valence-electron chi connectivity index (χ1n) is 10.7. The van der Waals surface area contributed by atoms with Crippen molar-refractivity contribution in [2.45, 2.75) is 42.8 Å². The highest BCUT2D eigenvalue weighted by Crippen LogP contribution is 2.36. The molecule has 0 saturated carbocycles. The molecule has 0 unspecified atom stereocenters. The van der Waals surface area contributed by atoms with Gasteiger partial charge in [0.15, 0.2) is 0 Å². The molecule has 0 spiro atoms. The molecule has 2 aliphatic rings. The smallest absolute Gasteiger partial charge is 0.471 e. The van der Waals surface area contributed by atoms with Crippen molar-refractivity contribution in [2.75, 3.05) is 26.7 Å². The van der Waals surface area contributed by atoms with Crippen LogP contribution in [0.5, 0.6) is 5.75 Å². The number of ether oxygens (including phenoxy) is 1. The fourth-order valence-corrected chi connectivity index (χ4v) is 6.13. The summed E-state index contributed by atoms with van der Waals surface area (Å²) in [7, 11) is -2.20. The van der Waals surface area contributed by atoms with Gasteiger partial charge >= 0.3 is 12.1 Å². The number of piperidine rings is 1. The summed E-state index contributed by atoms with van der Waals surface area (Å²) in [6.07, 6.45) is -3.43. The number of carbonyl (C=O) groups is 1. The van der Waals surface area contributed by atoms with Crippen LogP contribution in [-0.4, -0.2) is 56.5 Å². The predicted molar refractivity (Wildman–Crippen MR) is 115 cm³/mol. The average molecular weight is 483 g/mol. The highest BCUT2D eigenvalue weighted by Gasteiger charge is 2.43. The maximum Gasteiger partial charge on any atom is 0.471 e. The molecule has 2 aromatic rings. The molecule has 33 heavy (non-hydrogen) atoms. The number of alkyl halides is 3. The van der Waals surface area contributed by atoms with Gasteiger partial charge in [-0.05, 0) is 60.1 Å². The van der Waals surface area contributed by atoms with Crippen LogP contribution < -0.4 is 4.74 Å². The summed E-state index contributed by atoms with van der Waals surface area (Å²) in [6.45, 7) is 0.364.